The molecule has 1 heterocycles. The number of phenolic OH excluding ortho intramolecular Hbond substituents is 2. The van der Waals surface area contributed by atoms with Crippen LogP contribution in [0.4, 0.5) is 0 Å². The van der Waals surface area contributed by atoms with Crippen LogP contribution in [0.25, 0.3) is 0 Å². The molecule has 1 aliphatic rings. The quantitative estimate of drug-likeness (QED) is 0.0423. The van der Waals surface area contributed by atoms with Gasteiger partial charge in [0.25, 0.3) is 0 Å². The molecule has 9 amide bonds. The van der Waals surface area contributed by atoms with Crippen LogP contribution < -0.4 is 54.4 Å². The van der Waals surface area contributed by atoms with E-state index in [4.69, 9.17) is 28.8 Å². The Morgan fingerprint density at radius 2 is 1.23 bits per heavy atom. The van der Waals surface area contributed by atoms with Gasteiger partial charge in [-0.25, -0.2) is 0 Å². The molecule has 82 heavy (non-hydrogen) atoms. The highest BCUT2D eigenvalue weighted by Gasteiger charge is 2.37. The van der Waals surface area contributed by atoms with Gasteiger partial charge >= 0.3 is 0 Å². The van der Waals surface area contributed by atoms with Crippen LogP contribution in [0.5, 0.6) is 11.5 Å². The first-order chi connectivity index (χ1) is 38.9. The number of ketones is 1. The van der Waals surface area contributed by atoms with Gasteiger partial charge in [-0.1, -0.05) is 81.7 Å². The Balaban J connectivity index is 1.58. The monoisotopic (exact) mass is 1190 g/mol. The smallest absolute Gasteiger partial charge is 0.248 e. The number of rotatable bonds is 20. The molecule has 9 atom stereocenters. The number of carbonyl (C=O) groups excluding carboxylic acids is 10. The molecule has 1 aliphatic heterocycles. The zero-order valence-electron chi connectivity index (χ0n) is 45.1. The number of aromatic hydroxyl groups is 2. The molecule has 0 bridgehead atoms. The fourth-order valence-corrected chi connectivity index (χ4v) is 11.0. The Bertz CT molecular complexity index is 2890. The van der Waals surface area contributed by atoms with Gasteiger partial charge in [0.2, 0.25) is 53.2 Å². The summed E-state index contributed by atoms with van der Waals surface area (Å²) < 4.78 is 0. The molecule has 0 aliphatic carbocycles. The van der Waals surface area contributed by atoms with Gasteiger partial charge in [-0.3, -0.25) is 47.9 Å². The van der Waals surface area contributed by atoms with Crippen molar-refractivity contribution in [2.45, 2.75) is 114 Å². The Morgan fingerprint density at radius 3 is 1.83 bits per heavy atom. The van der Waals surface area contributed by atoms with Crippen molar-refractivity contribution in [2.75, 3.05) is 18.1 Å². The summed E-state index contributed by atoms with van der Waals surface area (Å²) in [6.07, 6.45) is -2.25. The lowest BCUT2D eigenvalue weighted by molar-refractivity contribution is -0.137. The number of Topliss-reactive ketones (excluding diaryl/α,β-unsaturated/α-hetero) is 1. The maximum absolute atomic E-state index is 14.9. The summed E-state index contributed by atoms with van der Waals surface area (Å²) in [5, 5.41) is 49.9. The minimum atomic E-state index is -1.79. The molecule has 0 aromatic heterocycles. The van der Waals surface area contributed by atoms with Crippen LogP contribution in [0.15, 0.2) is 97.1 Å². The summed E-state index contributed by atoms with van der Waals surface area (Å²) in [6, 6.07) is 13.8. The first kappa shape index (κ1) is 65.1. The second kappa shape index (κ2) is 32.1. The van der Waals surface area contributed by atoms with E-state index in [-0.39, 0.29) is 79.5 Å². The van der Waals surface area contributed by atoms with Gasteiger partial charge in [0.05, 0.1) is 18.2 Å². The molecule has 26 heteroatoms. The van der Waals surface area contributed by atoms with E-state index in [0.29, 0.717) is 33.7 Å². The second-order valence-corrected chi connectivity index (χ2v) is 22.8. The number of benzene rings is 4. The van der Waals surface area contributed by atoms with E-state index < -0.39 is 114 Å². The number of hydrogen-bond acceptors (Lipinski definition) is 16. The molecule has 0 saturated carbocycles. The van der Waals surface area contributed by atoms with Gasteiger partial charge in [0.15, 0.2) is 5.78 Å². The van der Waals surface area contributed by atoms with Crippen molar-refractivity contribution in [2.24, 2.45) is 23.1 Å². The number of aliphatic hydroxyl groups is 1. The first-order valence-corrected chi connectivity index (χ1v) is 29.1. The summed E-state index contributed by atoms with van der Waals surface area (Å²) in [5.41, 5.74) is 19.8. The third kappa shape index (κ3) is 21.3. The molecule has 4 aromatic rings. The van der Waals surface area contributed by atoms with Crippen LogP contribution in [-0.2, 0) is 68.8 Å². The summed E-state index contributed by atoms with van der Waals surface area (Å²) >= 11 is 6.08. The standard InChI is InChI=1S/C56H69ClN10O13S2/c1-30(68)48-56(80)66-46(55(79)63-43(50(60)74)25-35-12-20-40(71)21-13-35)29-82-81-28-45(65-52(76)41(58)24-33-8-16-38(57)17-9-33)47(72)27-37(23-32-10-18-39(70)19-11-32)51(75)64-44(26-34-6-14-36(15-7-34)49(59)73)54(78)62-42(53(77)67-48)5-3-4-22-61-31(2)69/h6-21,30,37,41-46,48,68,70-71H,3-5,22-29,58H2,1-2H3,(H2,59,73)(H2,60,74)(H,61,69)(H,62,78)(H,63,79)(H,64,75)(H,65,76)(H,66,80)(H,67,77)/t30-,37-,41+,42+,43?,44-,45-,46+,48+/m1/s1. The van der Waals surface area contributed by atoms with Crippen molar-refractivity contribution in [3.63, 3.8) is 0 Å². The zero-order valence-corrected chi connectivity index (χ0v) is 47.5. The van der Waals surface area contributed by atoms with Gasteiger partial charge in [0, 0.05) is 60.7 Å². The van der Waals surface area contributed by atoms with Crippen molar-refractivity contribution in [1.29, 1.82) is 0 Å². The molecule has 1 unspecified atom stereocenters. The van der Waals surface area contributed by atoms with Crippen molar-refractivity contribution in [3.05, 3.63) is 130 Å². The van der Waals surface area contributed by atoms with Crippen LogP contribution in [0.3, 0.4) is 0 Å². The summed E-state index contributed by atoms with van der Waals surface area (Å²) in [5.74, 6) is -10.0. The van der Waals surface area contributed by atoms with Crippen molar-refractivity contribution < 1.29 is 63.3 Å². The summed E-state index contributed by atoms with van der Waals surface area (Å²) in [6.45, 7) is 2.71. The number of aliphatic hydroxyl groups excluding tert-OH is 1. The predicted octanol–water partition coefficient (Wildman–Crippen LogP) is 0.500. The fourth-order valence-electron chi connectivity index (χ4n) is 8.54. The molecular weight excluding hydrogens is 1120 g/mol. The molecular formula is C56H69ClN10O13S2. The SMILES string of the molecule is CC(=O)NCCCC[C@@H]1NC(=O)[C@@H](Cc2ccc(C(N)=O)cc2)NC(=O)[C@H](Cc2ccc(O)cc2)CC(=O)[C@H](NC(=O)[C@@H](N)Cc2ccc(Cl)cc2)CSSC[C@@H](C(=O)NC(Cc2ccc(O)cc2)C(N)=O)NC(=O)[C@H]([C@@H](C)O)NC1=O. The number of hydrogen-bond donors (Lipinski definition) is 13. The normalized spacial score (nSPS) is 20.7. The van der Waals surface area contributed by atoms with E-state index in [1.807, 2.05) is 0 Å². The highest BCUT2D eigenvalue weighted by atomic mass is 35.5. The zero-order chi connectivity index (χ0) is 60.0. The fraction of sp³-hybridized carbons (Fsp3) is 0.393. The van der Waals surface area contributed by atoms with E-state index in [2.05, 4.69) is 37.2 Å². The number of halogens is 1. The minimum Gasteiger partial charge on any atom is -0.508 e. The molecule has 0 spiro atoms. The maximum Gasteiger partial charge on any atom is 0.248 e. The van der Waals surface area contributed by atoms with Gasteiger partial charge < -0.3 is 69.7 Å². The number of primary amides is 2. The Labute approximate surface area is 486 Å². The Kier molecular flexibility index (Phi) is 25.5. The van der Waals surface area contributed by atoms with Gasteiger partial charge in [-0.2, -0.15) is 0 Å². The average molecular weight is 1190 g/mol. The molecule has 440 valence electrons. The molecule has 0 radical (unpaired) electrons. The van der Waals surface area contributed by atoms with E-state index in [0.717, 1.165) is 21.6 Å². The highest BCUT2D eigenvalue weighted by Crippen LogP contribution is 2.26. The van der Waals surface area contributed by atoms with E-state index in [9.17, 15) is 63.3 Å². The van der Waals surface area contributed by atoms with Crippen LogP contribution in [0.2, 0.25) is 5.02 Å². The van der Waals surface area contributed by atoms with Crippen LogP contribution in [0.1, 0.15) is 72.1 Å². The van der Waals surface area contributed by atoms with Crippen LogP contribution in [-0.4, -0.2) is 141 Å². The van der Waals surface area contributed by atoms with Crippen molar-refractivity contribution >= 4 is 92.1 Å². The summed E-state index contributed by atoms with van der Waals surface area (Å²) in [7, 11) is 1.94. The van der Waals surface area contributed by atoms with E-state index >= 15 is 0 Å². The lowest BCUT2D eigenvalue weighted by Gasteiger charge is -2.29. The number of amides is 9. The van der Waals surface area contributed by atoms with Crippen molar-refractivity contribution in [1.82, 2.24) is 37.2 Å². The minimum absolute atomic E-state index is 0.0355. The van der Waals surface area contributed by atoms with Gasteiger partial charge in [0.1, 0.15) is 41.7 Å². The molecule has 1 fully saturated rings. The second-order valence-electron chi connectivity index (χ2n) is 19.8. The number of nitrogens with two attached hydrogens (primary N) is 3. The summed E-state index contributed by atoms with van der Waals surface area (Å²) in [4.78, 5) is 138. The average Bonchev–Trinajstić information content (AvgIpc) is 3.54. The third-order valence-corrected chi connectivity index (χ3v) is 15.8. The topological polar surface area (TPSA) is 394 Å². The number of unbranched alkanes of at least 4 members (excludes halogenated alkanes) is 1. The largest absolute Gasteiger partial charge is 0.508 e. The van der Waals surface area contributed by atoms with Crippen LogP contribution in [0, 0.1) is 5.92 Å². The Hall–Kier alpha value is -7.71. The number of carbonyl (C=O) groups is 10. The predicted molar refractivity (Wildman–Crippen MR) is 308 cm³/mol. The van der Waals surface area contributed by atoms with E-state index in [1.54, 1.807) is 24.3 Å². The number of phenols is 2. The third-order valence-electron chi connectivity index (χ3n) is 13.2. The molecule has 23 nitrogen and oxygen atoms in total. The van der Waals surface area contributed by atoms with Gasteiger partial charge in [-0.05, 0) is 110 Å². The van der Waals surface area contributed by atoms with Crippen LogP contribution >= 0.6 is 33.2 Å². The molecule has 4 aromatic carbocycles. The lowest BCUT2D eigenvalue weighted by atomic mass is 9.90. The molecule has 5 rings (SSSR count). The highest BCUT2D eigenvalue weighted by molar-refractivity contribution is 8.76. The van der Waals surface area contributed by atoms with E-state index in [1.165, 1.54) is 86.6 Å². The maximum atomic E-state index is 14.9. The Morgan fingerprint density at radius 1 is 0.683 bits per heavy atom. The van der Waals surface area contributed by atoms with Crippen molar-refractivity contribution in [3.8, 4) is 11.5 Å². The molecule has 16 N–H and O–H groups in total. The lowest BCUT2D eigenvalue weighted by Crippen LogP contribution is -2.62. The number of nitrogens with one attached hydrogen (secondary N) is 7. The first-order valence-electron chi connectivity index (χ1n) is 26.2. The van der Waals surface area contributed by atoms with Gasteiger partial charge in [-0.15, -0.1) is 0 Å². The molecule has 1 saturated heterocycles.